The van der Waals surface area contributed by atoms with E-state index in [1.54, 1.807) is 11.6 Å². The van der Waals surface area contributed by atoms with Gasteiger partial charge < -0.3 is 25.5 Å². The lowest BCUT2D eigenvalue weighted by Gasteiger charge is -2.60. The summed E-state index contributed by atoms with van der Waals surface area (Å²) in [6.45, 7) is 11.1. The van der Waals surface area contributed by atoms with Gasteiger partial charge in [0.2, 0.25) is 0 Å². The van der Waals surface area contributed by atoms with E-state index >= 15 is 0 Å². The number of rotatable bonds is 8. The molecule has 0 aromatic heterocycles. The zero-order valence-corrected chi connectivity index (χ0v) is 29.5. The van der Waals surface area contributed by atoms with Gasteiger partial charge in [0.15, 0.2) is 5.78 Å². The van der Waals surface area contributed by atoms with Crippen LogP contribution in [0.5, 0.6) is 0 Å². The normalized spacial score (nSPS) is 43.5. The fourth-order valence-corrected chi connectivity index (χ4v) is 12.6. The predicted molar refractivity (Wildman–Crippen MR) is 181 cm³/mol. The first-order chi connectivity index (χ1) is 21.6. The van der Waals surface area contributed by atoms with Crippen molar-refractivity contribution >= 4 is 5.78 Å². The molecule has 260 valence electrons. The van der Waals surface area contributed by atoms with Crippen molar-refractivity contribution in [2.24, 2.45) is 45.8 Å². The van der Waals surface area contributed by atoms with Gasteiger partial charge in [-0.1, -0.05) is 58.6 Å². The summed E-state index contributed by atoms with van der Waals surface area (Å²) in [6.07, 6.45) is 15.6. The van der Waals surface area contributed by atoms with Crippen LogP contribution in [-0.2, 0) is 4.79 Å². The predicted octanol–water partition coefficient (Wildman–Crippen LogP) is 6.81. The van der Waals surface area contributed by atoms with Gasteiger partial charge in [-0.3, -0.25) is 4.79 Å². The Kier molecular flexibility index (Phi) is 9.36. The number of carbonyl (C=O) groups excluding carboxylic acids is 1. The van der Waals surface area contributed by atoms with Crippen molar-refractivity contribution < 1.29 is 30.3 Å². The maximum Gasteiger partial charge on any atom is 0.159 e. The minimum Gasteiger partial charge on any atom is -0.396 e. The van der Waals surface area contributed by atoms with Gasteiger partial charge in [0.1, 0.15) is 0 Å². The summed E-state index contributed by atoms with van der Waals surface area (Å²) < 4.78 is 0. The second-order valence-corrected chi connectivity index (χ2v) is 18.1. The number of carbonyl (C=O) groups is 1. The minimum atomic E-state index is -1.14. The van der Waals surface area contributed by atoms with Gasteiger partial charge >= 0.3 is 0 Å². The van der Waals surface area contributed by atoms with Gasteiger partial charge in [-0.05, 0) is 142 Å². The highest BCUT2D eigenvalue weighted by molar-refractivity contribution is 5.95. The van der Waals surface area contributed by atoms with Crippen LogP contribution in [0, 0.1) is 45.8 Å². The van der Waals surface area contributed by atoms with E-state index in [2.05, 4.69) is 34.6 Å². The highest BCUT2D eigenvalue weighted by Crippen LogP contribution is 2.69. The smallest absolute Gasteiger partial charge is 0.159 e. The van der Waals surface area contributed by atoms with Gasteiger partial charge in [0.05, 0.1) is 23.4 Å². The highest BCUT2D eigenvalue weighted by atomic mass is 16.3. The van der Waals surface area contributed by atoms with E-state index in [0.717, 1.165) is 31.3 Å². The Bertz CT molecular complexity index is 1230. The molecule has 0 aromatic rings. The molecule has 0 heterocycles. The number of ketones is 1. The second-order valence-electron chi connectivity index (χ2n) is 18.1. The number of hydrogen-bond acceptors (Lipinski definition) is 6. The molecular formula is C40H64O6. The molecule has 6 nitrogen and oxygen atoms in total. The molecule has 0 amide bonds. The van der Waals surface area contributed by atoms with E-state index in [9.17, 15) is 30.3 Å². The summed E-state index contributed by atoms with van der Waals surface area (Å²) in [5.74, 6) is -0.0464. The Balaban J connectivity index is 1.31. The molecule has 0 bridgehead atoms. The number of fused-ring (bicyclic) bond motifs is 5. The average molecular weight is 641 g/mol. The molecule has 0 aromatic carbocycles. The van der Waals surface area contributed by atoms with Crippen LogP contribution >= 0.6 is 0 Å². The first-order valence-corrected chi connectivity index (χ1v) is 19.0. The van der Waals surface area contributed by atoms with Crippen molar-refractivity contribution in [2.45, 2.75) is 167 Å². The number of aliphatic hydroxyl groups excluding tert-OH is 3. The summed E-state index contributed by atoms with van der Waals surface area (Å²) in [4.78, 5) is 13.6. The first-order valence-electron chi connectivity index (χ1n) is 19.0. The summed E-state index contributed by atoms with van der Waals surface area (Å²) >= 11 is 0. The molecule has 0 saturated heterocycles. The van der Waals surface area contributed by atoms with Crippen molar-refractivity contribution in [1.29, 1.82) is 0 Å². The van der Waals surface area contributed by atoms with Crippen LogP contribution in [0.3, 0.4) is 0 Å². The van der Waals surface area contributed by atoms with Gasteiger partial charge in [-0.15, -0.1) is 0 Å². The molecule has 10 atom stereocenters. The van der Waals surface area contributed by atoms with Crippen molar-refractivity contribution in [1.82, 2.24) is 0 Å². The molecule has 0 unspecified atom stereocenters. The molecular weight excluding hydrogens is 576 g/mol. The molecule has 5 N–H and O–H groups in total. The van der Waals surface area contributed by atoms with Crippen LogP contribution in [-0.4, -0.2) is 61.3 Å². The fraction of sp³-hybridized carbons (Fsp3) is 0.875. The number of hydrogen-bond donors (Lipinski definition) is 5. The van der Waals surface area contributed by atoms with Crippen molar-refractivity contribution in [3.05, 3.63) is 22.8 Å². The SMILES string of the molecule is CC(C)/C(C[C@](O)(CCCO)[C@@H](C)[C@H]1CC[C@@]2(O)C3=CC(=O)[C@@H]4C[C@@H](O)[C@@H](O)C[C@]4(C)[C@H]3CC[C@]12C)=C1\CCCC2(CCCC2)C1. The third-order valence-electron chi connectivity index (χ3n) is 15.5. The maximum atomic E-state index is 13.6. The van der Waals surface area contributed by atoms with E-state index in [0.29, 0.717) is 43.4 Å². The molecule has 6 rings (SSSR count). The average Bonchev–Trinajstić information content (AvgIpc) is 3.57. The van der Waals surface area contributed by atoms with Crippen molar-refractivity contribution in [3.63, 3.8) is 0 Å². The molecule has 1 spiro atoms. The number of allylic oxidation sites excluding steroid dienone is 2. The van der Waals surface area contributed by atoms with Crippen LogP contribution in [0.15, 0.2) is 22.8 Å². The molecule has 5 fully saturated rings. The Morgan fingerprint density at radius 3 is 2.35 bits per heavy atom. The van der Waals surface area contributed by atoms with Crippen molar-refractivity contribution in [3.8, 4) is 0 Å². The van der Waals surface area contributed by atoms with E-state index in [-0.39, 0.29) is 42.5 Å². The van der Waals surface area contributed by atoms with E-state index in [4.69, 9.17) is 0 Å². The summed E-state index contributed by atoms with van der Waals surface area (Å²) in [5, 5.41) is 56.7. The zero-order valence-electron chi connectivity index (χ0n) is 29.5. The summed E-state index contributed by atoms with van der Waals surface area (Å²) in [5.41, 5.74) is 1.19. The maximum absolute atomic E-state index is 13.6. The van der Waals surface area contributed by atoms with Crippen LogP contribution in [0.1, 0.15) is 144 Å². The van der Waals surface area contributed by atoms with Gasteiger partial charge in [-0.2, -0.15) is 0 Å². The summed E-state index contributed by atoms with van der Waals surface area (Å²) in [6, 6.07) is 0. The van der Waals surface area contributed by atoms with Crippen LogP contribution in [0.2, 0.25) is 0 Å². The minimum absolute atomic E-state index is 0.00996. The Morgan fingerprint density at radius 2 is 1.67 bits per heavy atom. The second kappa shape index (κ2) is 12.4. The van der Waals surface area contributed by atoms with Crippen LogP contribution in [0.4, 0.5) is 0 Å². The van der Waals surface area contributed by atoms with Crippen LogP contribution in [0.25, 0.3) is 0 Å². The van der Waals surface area contributed by atoms with Crippen LogP contribution < -0.4 is 0 Å². The van der Waals surface area contributed by atoms with E-state index in [1.807, 2.05) is 0 Å². The lowest BCUT2D eigenvalue weighted by atomic mass is 9.45. The Labute approximate surface area is 278 Å². The lowest BCUT2D eigenvalue weighted by molar-refractivity contribution is -0.157. The Morgan fingerprint density at radius 1 is 0.978 bits per heavy atom. The molecule has 6 heteroatoms. The van der Waals surface area contributed by atoms with E-state index < -0.39 is 34.2 Å². The largest absolute Gasteiger partial charge is 0.396 e. The quantitative estimate of drug-likeness (QED) is 0.186. The monoisotopic (exact) mass is 640 g/mol. The third-order valence-corrected chi connectivity index (χ3v) is 15.5. The van der Waals surface area contributed by atoms with Gasteiger partial charge in [-0.25, -0.2) is 0 Å². The summed E-state index contributed by atoms with van der Waals surface area (Å²) in [7, 11) is 0. The topological polar surface area (TPSA) is 118 Å². The van der Waals surface area contributed by atoms with E-state index in [1.165, 1.54) is 50.5 Å². The lowest BCUT2D eigenvalue weighted by Crippen LogP contribution is -2.61. The van der Waals surface area contributed by atoms with Gasteiger partial charge in [0.25, 0.3) is 0 Å². The molecule has 46 heavy (non-hydrogen) atoms. The molecule has 6 aliphatic rings. The molecule has 0 radical (unpaired) electrons. The van der Waals surface area contributed by atoms with Crippen molar-refractivity contribution in [2.75, 3.05) is 6.61 Å². The third kappa shape index (κ3) is 5.43. The highest BCUT2D eigenvalue weighted by Gasteiger charge is 2.67. The molecule has 6 aliphatic carbocycles. The Hall–Kier alpha value is -1.05. The fourth-order valence-electron chi connectivity index (χ4n) is 12.6. The first kappa shape index (κ1) is 34.8. The number of aliphatic hydroxyl groups is 5. The van der Waals surface area contributed by atoms with Gasteiger partial charge in [0, 0.05) is 17.9 Å². The molecule has 5 saturated carbocycles. The standard InChI is InChI=1S/C40H64O6/c1-25(2)28(27-10-8-15-38(22-27)13-6-7-14-38)23-39(45,16-9-19-41)26(3)29-12-18-40(46)31-20-33(42)32-21-34(43)35(44)24-36(32,4)30(31)11-17-37(29,40)5/h20,25-26,29-30,32,34-35,41,43-46H,6-19,21-24H2,1-5H3/b28-27+/t26-,29+,30-,32-,34+,35-,36+,37+,39+,40+/m0/s1. The zero-order chi connectivity index (χ0) is 33.3. The molecule has 0 aliphatic heterocycles.